The molecule has 0 aliphatic heterocycles. The van der Waals surface area contributed by atoms with Crippen molar-refractivity contribution in [1.29, 1.82) is 5.26 Å². The number of nitriles is 1. The zero-order valence-electron chi connectivity index (χ0n) is 17.0. The Kier molecular flexibility index (Phi) is 7.04. The highest BCUT2D eigenvalue weighted by atomic mass is 19.1. The Morgan fingerprint density at radius 1 is 1.14 bits per heavy atom. The lowest BCUT2D eigenvalue weighted by atomic mass is 9.76. The van der Waals surface area contributed by atoms with E-state index in [1.165, 1.54) is 50.7 Å². The van der Waals surface area contributed by atoms with Gasteiger partial charge >= 0.3 is 5.97 Å². The fourth-order valence-electron chi connectivity index (χ4n) is 4.48. The second-order valence-corrected chi connectivity index (χ2v) is 8.13. The van der Waals surface area contributed by atoms with Crippen molar-refractivity contribution >= 4 is 5.97 Å². The van der Waals surface area contributed by atoms with Gasteiger partial charge in [0.25, 0.3) is 0 Å². The molecule has 2 aromatic carbocycles. The summed E-state index contributed by atoms with van der Waals surface area (Å²) in [6.45, 7) is 2.23. The first kappa shape index (κ1) is 21.0. The summed E-state index contributed by atoms with van der Waals surface area (Å²) < 4.78 is 14.1. The molecular weight excluding hydrogens is 365 g/mol. The Hall–Kier alpha value is -2.67. The molecule has 0 amide bonds. The molecule has 0 heterocycles. The second kappa shape index (κ2) is 9.69. The number of aromatic carboxylic acids is 1. The van der Waals surface area contributed by atoms with Gasteiger partial charge in [0, 0.05) is 0 Å². The third-order valence-electron chi connectivity index (χ3n) is 6.21. The molecule has 3 rings (SSSR count). The molecule has 3 nitrogen and oxygen atoms in total. The molecule has 0 spiro atoms. The molecule has 1 fully saturated rings. The molecule has 1 aliphatic rings. The summed E-state index contributed by atoms with van der Waals surface area (Å²) >= 11 is 0. The van der Waals surface area contributed by atoms with Crippen molar-refractivity contribution in [1.82, 2.24) is 0 Å². The van der Waals surface area contributed by atoms with Gasteiger partial charge in [0.1, 0.15) is 11.9 Å². The fourth-order valence-corrected chi connectivity index (χ4v) is 4.48. The summed E-state index contributed by atoms with van der Waals surface area (Å²) in [5.74, 6) is -0.430. The monoisotopic (exact) mass is 393 g/mol. The predicted molar refractivity (Wildman–Crippen MR) is 112 cm³/mol. The van der Waals surface area contributed by atoms with E-state index < -0.39 is 11.8 Å². The SMILES string of the molecule is CCCCCC1CCC(c2ccc(C(=O)O)c(-c3ccc(C#N)c(F)c3)c2)CC1. The number of rotatable bonds is 7. The van der Waals surface area contributed by atoms with Crippen LogP contribution in [-0.2, 0) is 0 Å². The van der Waals surface area contributed by atoms with Crippen LogP contribution in [0.3, 0.4) is 0 Å². The Balaban J connectivity index is 1.82. The highest BCUT2D eigenvalue weighted by Crippen LogP contribution is 2.39. The maximum atomic E-state index is 14.1. The van der Waals surface area contributed by atoms with Gasteiger partial charge in [-0.25, -0.2) is 9.18 Å². The first-order valence-electron chi connectivity index (χ1n) is 10.6. The summed E-state index contributed by atoms with van der Waals surface area (Å²) in [6.07, 6.45) is 9.85. The average Bonchev–Trinajstić information content (AvgIpc) is 2.74. The summed E-state index contributed by atoms with van der Waals surface area (Å²) in [6, 6.07) is 11.6. The zero-order chi connectivity index (χ0) is 20.8. The van der Waals surface area contributed by atoms with E-state index in [9.17, 15) is 14.3 Å². The minimum Gasteiger partial charge on any atom is -0.478 e. The molecule has 29 heavy (non-hydrogen) atoms. The molecule has 2 aromatic rings. The molecule has 152 valence electrons. The first-order valence-corrected chi connectivity index (χ1v) is 10.6. The van der Waals surface area contributed by atoms with Crippen LogP contribution in [0.5, 0.6) is 0 Å². The van der Waals surface area contributed by atoms with Crippen molar-refractivity contribution in [3.05, 3.63) is 58.9 Å². The molecule has 0 bridgehead atoms. The van der Waals surface area contributed by atoms with Gasteiger partial charge in [-0.3, -0.25) is 0 Å². The molecule has 4 heteroatoms. The topological polar surface area (TPSA) is 61.1 Å². The third kappa shape index (κ3) is 5.03. The van der Waals surface area contributed by atoms with E-state index in [0.29, 0.717) is 17.0 Å². The molecular formula is C25H28FNO2. The van der Waals surface area contributed by atoms with E-state index in [-0.39, 0.29) is 11.1 Å². The van der Waals surface area contributed by atoms with Gasteiger partial charge < -0.3 is 5.11 Å². The lowest BCUT2D eigenvalue weighted by Crippen LogP contribution is -2.14. The van der Waals surface area contributed by atoms with Crippen molar-refractivity contribution in [2.45, 2.75) is 64.2 Å². The largest absolute Gasteiger partial charge is 0.478 e. The maximum absolute atomic E-state index is 14.1. The minimum absolute atomic E-state index is 0.0387. The number of carbonyl (C=O) groups is 1. The van der Waals surface area contributed by atoms with E-state index in [0.717, 1.165) is 24.3 Å². The molecule has 0 saturated heterocycles. The summed E-state index contributed by atoms with van der Waals surface area (Å²) in [5, 5.41) is 18.5. The van der Waals surface area contributed by atoms with E-state index in [4.69, 9.17) is 5.26 Å². The standard InChI is InChI=1S/C25H28FNO2/c1-2-3-4-5-17-6-8-18(9-7-17)19-12-13-22(25(28)29)23(14-19)20-10-11-21(16-27)24(26)15-20/h10-15,17-18H,2-9H2,1H3,(H,28,29). The van der Waals surface area contributed by atoms with Crippen LogP contribution in [0.2, 0.25) is 0 Å². The summed E-state index contributed by atoms with van der Waals surface area (Å²) in [5.41, 5.74) is 2.26. The van der Waals surface area contributed by atoms with E-state index in [1.54, 1.807) is 18.2 Å². The Morgan fingerprint density at radius 2 is 1.90 bits per heavy atom. The van der Waals surface area contributed by atoms with Crippen molar-refractivity contribution in [2.24, 2.45) is 5.92 Å². The van der Waals surface area contributed by atoms with Crippen LogP contribution in [0.4, 0.5) is 4.39 Å². The van der Waals surface area contributed by atoms with Gasteiger partial charge in [-0.1, -0.05) is 50.8 Å². The smallest absolute Gasteiger partial charge is 0.336 e. The molecule has 0 unspecified atom stereocenters. The van der Waals surface area contributed by atoms with Gasteiger partial charge in [0.2, 0.25) is 0 Å². The van der Waals surface area contributed by atoms with Crippen LogP contribution < -0.4 is 0 Å². The van der Waals surface area contributed by atoms with E-state index >= 15 is 0 Å². The highest BCUT2D eigenvalue weighted by Gasteiger charge is 2.24. The first-order chi connectivity index (χ1) is 14.0. The molecule has 1 saturated carbocycles. The number of hydrogen-bond acceptors (Lipinski definition) is 2. The number of unbranched alkanes of at least 4 members (excludes halogenated alkanes) is 2. The highest BCUT2D eigenvalue weighted by molar-refractivity contribution is 5.96. The van der Waals surface area contributed by atoms with Crippen molar-refractivity contribution in [3.63, 3.8) is 0 Å². The van der Waals surface area contributed by atoms with Gasteiger partial charge in [-0.05, 0) is 72.4 Å². The number of carboxylic acid groups (broad SMARTS) is 1. The van der Waals surface area contributed by atoms with Gasteiger partial charge in [0.15, 0.2) is 0 Å². The average molecular weight is 394 g/mol. The Bertz CT molecular complexity index is 908. The molecule has 0 aromatic heterocycles. The fraction of sp³-hybridized carbons (Fsp3) is 0.440. The second-order valence-electron chi connectivity index (χ2n) is 8.13. The van der Waals surface area contributed by atoms with Crippen molar-refractivity contribution in [3.8, 4) is 17.2 Å². The zero-order valence-corrected chi connectivity index (χ0v) is 17.0. The molecule has 0 atom stereocenters. The van der Waals surface area contributed by atoms with Crippen molar-refractivity contribution < 1.29 is 14.3 Å². The minimum atomic E-state index is -1.03. The predicted octanol–water partition coefficient (Wildman–Crippen LogP) is 6.92. The lowest BCUT2D eigenvalue weighted by Gasteiger charge is -2.29. The lowest BCUT2D eigenvalue weighted by molar-refractivity contribution is 0.0697. The summed E-state index contributed by atoms with van der Waals surface area (Å²) in [7, 11) is 0. The molecule has 0 radical (unpaired) electrons. The normalized spacial score (nSPS) is 18.9. The van der Waals surface area contributed by atoms with Gasteiger partial charge in [-0.15, -0.1) is 0 Å². The van der Waals surface area contributed by atoms with Crippen LogP contribution >= 0.6 is 0 Å². The van der Waals surface area contributed by atoms with E-state index in [2.05, 4.69) is 6.92 Å². The number of carboxylic acids is 1. The van der Waals surface area contributed by atoms with Gasteiger partial charge in [-0.2, -0.15) is 5.26 Å². The number of nitrogens with zero attached hydrogens (tertiary/aromatic N) is 1. The van der Waals surface area contributed by atoms with E-state index in [1.807, 2.05) is 12.1 Å². The van der Waals surface area contributed by atoms with Crippen LogP contribution in [0.25, 0.3) is 11.1 Å². The van der Waals surface area contributed by atoms with Crippen LogP contribution in [0.1, 0.15) is 85.7 Å². The Labute approximate surface area is 172 Å². The maximum Gasteiger partial charge on any atom is 0.336 e. The van der Waals surface area contributed by atoms with Crippen LogP contribution in [0, 0.1) is 23.1 Å². The van der Waals surface area contributed by atoms with Crippen LogP contribution in [-0.4, -0.2) is 11.1 Å². The van der Waals surface area contributed by atoms with Crippen molar-refractivity contribution in [2.75, 3.05) is 0 Å². The number of benzene rings is 2. The summed E-state index contributed by atoms with van der Waals surface area (Å²) in [4.78, 5) is 11.7. The quantitative estimate of drug-likeness (QED) is 0.520. The molecule has 1 aliphatic carbocycles. The third-order valence-corrected chi connectivity index (χ3v) is 6.21. The Morgan fingerprint density at radius 3 is 2.52 bits per heavy atom. The van der Waals surface area contributed by atoms with Gasteiger partial charge in [0.05, 0.1) is 11.1 Å². The number of hydrogen-bond donors (Lipinski definition) is 1. The molecule has 1 N–H and O–H groups in total. The van der Waals surface area contributed by atoms with Crippen LogP contribution in [0.15, 0.2) is 36.4 Å². The number of halogens is 1.